The average molecular weight is 283 g/mol. The molecule has 0 saturated heterocycles. The van der Waals surface area contributed by atoms with Crippen LogP contribution in [0.15, 0.2) is 18.2 Å². The maximum absolute atomic E-state index is 13.6. The lowest BCUT2D eigenvalue weighted by Crippen LogP contribution is -2.25. The summed E-state index contributed by atoms with van der Waals surface area (Å²) in [6.07, 6.45) is 2.48. The zero-order valence-electron chi connectivity index (χ0n) is 13.1. The number of nitrogens with one attached hydrogen (secondary N) is 1. The van der Waals surface area contributed by atoms with Gasteiger partial charge in [0.2, 0.25) is 0 Å². The third-order valence-electron chi connectivity index (χ3n) is 3.61. The third-order valence-corrected chi connectivity index (χ3v) is 3.61. The topological polar surface area (TPSA) is 12.0 Å². The first-order chi connectivity index (χ1) is 9.30. The second-order valence-electron chi connectivity index (χ2n) is 6.75. The van der Waals surface area contributed by atoms with Crippen molar-refractivity contribution in [2.45, 2.75) is 47.0 Å². The SMILES string of the molecule is CC(C)CNCCC(C)(C)CCc1cc(F)ccc1F. The molecule has 0 aliphatic carbocycles. The van der Waals surface area contributed by atoms with E-state index in [1.54, 1.807) is 0 Å². The molecule has 1 aromatic rings. The molecule has 1 aromatic carbocycles. The van der Waals surface area contributed by atoms with Crippen LogP contribution < -0.4 is 5.32 Å². The van der Waals surface area contributed by atoms with Crippen molar-refractivity contribution in [3.63, 3.8) is 0 Å². The van der Waals surface area contributed by atoms with E-state index in [0.29, 0.717) is 17.9 Å². The highest BCUT2D eigenvalue weighted by atomic mass is 19.1. The predicted molar refractivity (Wildman–Crippen MR) is 80.8 cm³/mol. The molecule has 0 aliphatic heterocycles. The summed E-state index contributed by atoms with van der Waals surface area (Å²) in [5.74, 6) is -0.0163. The van der Waals surface area contributed by atoms with Crippen LogP contribution in [0, 0.1) is 23.0 Å². The Bertz CT molecular complexity index is 413. The minimum Gasteiger partial charge on any atom is -0.316 e. The normalized spacial score (nSPS) is 12.2. The van der Waals surface area contributed by atoms with Gasteiger partial charge in [-0.2, -0.15) is 0 Å². The van der Waals surface area contributed by atoms with Gasteiger partial charge in [0.25, 0.3) is 0 Å². The molecule has 0 saturated carbocycles. The van der Waals surface area contributed by atoms with Crippen molar-refractivity contribution in [2.24, 2.45) is 11.3 Å². The fourth-order valence-electron chi connectivity index (χ4n) is 2.15. The highest BCUT2D eigenvalue weighted by molar-refractivity contribution is 5.18. The quantitative estimate of drug-likeness (QED) is 0.690. The van der Waals surface area contributed by atoms with Crippen LogP contribution in [-0.4, -0.2) is 13.1 Å². The Morgan fingerprint density at radius 1 is 1.15 bits per heavy atom. The highest BCUT2D eigenvalue weighted by Crippen LogP contribution is 2.27. The second-order valence-corrected chi connectivity index (χ2v) is 6.75. The van der Waals surface area contributed by atoms with Gasteiger partial charge in [-0.1, -0.05) is 27.7 Å². The summed E-state index contributed by atoms with van der Waals surface area (Å²) in [7, 11) is 0. The van der Waals surface area contributed by atoms with E-state index in [4.69, 9.17) is 0 Å². The molecule has 0 heterocycles. The van der Waals surface area contributed by atoms with E-state index in [1.165, 1.54) is 18.2 Å². The predicted octanol–water partition coefficient (Wildman–Crippen LogP) is 4.56. The van der Waals surface area contributed by atoms with E-state index in [9.17, 15) is 8.78 Å². The van der Waals surface area contributed by atoms with Gasteiger partial charge < -0.3 is 5.32 Å². The molecule has 20 heavy (non-hydrogen) atoms. The molecule has 0 unspecified atom stereocenters. The minimum absolute atomic E-state index is 0.128. The first-order valence-corrected chi connectivity index (χ1v) is 7.45. The highest BCUT2D eigenvalue weighted by Gasteiger charge is 2.18. The molecular weight excluding hydrogens is 256 g/mol. The Morgan fingerprint density at radius 2 is 1.85 bits per heavy atom. The van der Waals surface area contributed by atoms with Gasteiger partial charge in [0, 0.05) is 0 Å². The Kier molecular flexibility index (Phi) is 6.60. The van der Waals surface area contributed by atoms with E-state index in [0.717, 1.165) is 25.9 Å². The summed E-state index contributed by atoms with van der Waals surface area (Å²) in [6.45, 7) is 10.7. The van der Waals surface area contributed by atoms with Crippen molar-refractivity contribution < 1.29 is 8.78 Å². The Balaban J connectivity index is 2.40. The van der Waals surface area contributed by atoms with Crippen LogP contribution in [-0.2, 0) is 6.42 Å². The van der Waals surface area contributed by atoms with Crippen molar-refractivity contribution in [3.8, 4) is 0 Å². The fourth-order valence-corrected chi connectivity index (χ4v) is 2.15. The molecule has 114 valence electrons. The summed E-state index contributed by atoms with van der Waals surface area (Å²) in [6, 6.07) is 3.68. The van der Waals surface area contributed by atoms with Gasteiger partial charge in [-0.05, 0) is 67.4 Å². The minimum atomic E-state index is -0.363. The van der Waals surface area contributed by atoms with Gasteiger partial charge >= 0.3 is 0 Å². The molecule has 0 atom stereocenters. The van der Waals surface area contributed by atoms with E-state index in [1.807, 2.05) is 0 Å². The van der Waals surface area contributed by atoms with Crippen molar-refractivity contribution in [3.05, 3.63) is 35.4 Å². The van der Waals surface area contributed by atoms with Crippen LogP contribution in [0.4, 0.5) is 8.78 Å². The van der Waals surface area contributed by atoms with Gasteiger partial charge in [-0.25, -0.2) is 8.78 Å². The Labute approximate surface area is 121 Å². The third kappa shape index (κ3) is 6.47. The van der Waals surface area contributed by atoms with Crippen molar-refractivity contribution >= 4 is 0 Å². The number of aryl methyl sites for hydroxylation is 1. The van der Waals surface area contributed by atoms with Crippen molar-refractivity contribution in [1.29, 1.82) is 0 Å². The molecule has 1 rings (SSSR count). The molecule has 0 radical (unpaired) electrons. The maximum Gasteiger partial charge on any atom is 0.126 e. The van der Waals surface area contributed by atoms with Gasteiger partial charge in [0.05, 0.1) is 0 Å². The van der Waals surface area contributed by atoms with E-state index < -0.39 is 0 Å². The van der Waals surface area contributed by atoms with Gasteiger partial charge in [0.1, 0.15) is 11.6 Å². The van der Waals surface area contributed by atoms with Crippen LogP contribution in [0.5, 0.6) is 0 Å². The van der Waals surface area contributed by atoms with Crippen LogP contribution >= 0.6 is 0 Å². The second kappa shape index (κ2) is 7.72. The zero-order chi connectivity index (χ0) is 15.2. The molecule has 1 nitrogen and oxygen atoms in total. The van der Waals surface area contributed by atoms with Crippen molar-refractivity contribution in [2.75, 3.05) is 13.1 Å². The number of benzene rings is 1. The lowest BCUT2D eigenvalue weighted by atomic mass is 9.83. The number of halogens is 2. The average Bonchev–Trinajstić information content (AvgIpc) is 2.36. The summed E-state index contributed by atoms with van der Waals surface area (Å²) in [5.41, 5.74) is 0.608. The van der Waals surface area contributed by atoms with Crippen LogP contribution in [0.2, 0.25) is 0 Å². The Hall–Kier alpha value is -0.960. The number of hydrogen-bond acceptors (Lipinski definition) is 1. The number of hydrogen-bond donors (Lipinski definition) is 1. The molecular formula is C17H27F2N. The fraction of sp³-hybridized carbons (Fsp3) is 0.647. The largest absolute Gasteiger partial charge is 0.316 e. The Morgan fingerprint density at radius 3 is 2.50 bits per heavy atom. The molecule has 0 fully saturated rings. The summed E-state index contributed by atoms with van der Waals surface area (Å²) in [5, 5.41) is 3.43. The molecule has 0 aromatic heterocycles. The number of rotatable bonds is 8. The lowest BCUT2D eigenvalue weighted by Gasteiger charge is -2.25. The summed E-state index contributed by atoms with van der Waals surface area (Å²) in [4.78, 5) is 0. The van der Waals surface area contributed by atoms with E-state index in [2.05, 4.69) is 33.0 Å². The molecule has 3 heteroatoms. The van der Waals surface area contributed by atoms with Crippen LogP contribution in [0.25, 0.3) is 0 Å². The molecule has 0 spiro atoms. The molecule has 0 aliphatic rings. The van der Waals surface area contributed by atoms with E-state index in [-0.39, 0.29) is 17.0 Å². The van der Waals surface area contributed by atoms with Crippen LogP contribution in [0.1, 0.15) is 46.1 Å². The summed E-state index contributed by atoms with van der Waals surface area (Å²) >= 11 is 0. The molecule has 0 amide bonds. The smallest absolute Gasteiger partial charge is 0.126 e. The first-order valence-electron chi connectivity index (χ1n) is 7.45. The van der Waals surface area contributed by atoms with Crippen molar-refractivity contribution in [1.82, 2.24) is 5.32 Å². The molecule has 1 N–H and O–H groups in total. The van der Waals surface area contributed by atoms with Gasteiger partial charge in [-0.3, -0.25) is 0 Å². The standard InChI is InChI=1S/C17H27F2N/c1-13(2)12-20-10-9-17(3,4)8-7-14-11-15(18)5-6-16(14)19/h5-6,11,13,20H,7-10,12H2,1-4H3. The van der Waals surface area contributed by atoms with E-state index >= 15 is 0 Å². The summed E-state index contributed by atoms with van der Waals surface area (Å²) < 4.78 is 26.7. The lowest BCUT2D eigenvalue weighted by molar-refractivity contribution is 0.298. The van der Waals surface area contributed by atoms with Gasteiger partial charge in [-0.15, -0.1) is 0 Å². The monoisotopic (exact) mass is 283 g/mol. The zero-order valence-corrected chi connectivity index (χ0v) is 13.1. The van der Waals surface area contributed by atoms with Crippen LogP contribution in [0.3, 0.4) is 0 Å². The van der Waals surface area contributed by atoms with Gasteiger partial charge in [0.15, 0.2) is 0 Å². The molecule has 0 bridgehead atoms. The maximum atomic E-state index is 13.6. The first kappa shape index (κ1) is 17.1.